The van der Waals surface area contributed by atoms with E-state index in [-0.39, 0.29) is 74.1 Å². The highest BCUT2D eigenvalue weighted by Gasteiger charge is 2.36. The molecule has 352 valence electrons. The van der Waals surface area contributed by atoms with Crippen molar-refractivity contribution in [3.05, 3.63) is 169 Å². The molecule has 3 amide bonds. The zero-order valence-corrected chi connectivity index (χ0v) is 39.3. The number of hydrogen-bond acceptors (Lipinski definition) is 8. The van der Waals surface area contributed by atoms with E-state index >= 15 is 8.78 Å². The zero-order valence-electron chi connectivity index (χ0n) is 37.6. The molecule has 2 atom stereocenters. The van der Waals surface area contributed by atoms with Crippen LogP contribution in [-0.2, 0) is 4.74 Å². The lowest BCUT2D eigenvalue weighted by Gasteiger charge is -2.41. The summed E-state index contributed by atoms with van der Waals surface area (Å²) in [5.41, 5.74) is 1.69. The van der Waals surface area contributed by atoms with Crippen LogP contribution in [0.3, 0.4) is 0 Å². The van der Waals surface area contributed by atoms with Crippen molar-refractivity contribution in [1.82, 2.24) is 24.7 Å². The van der Waals surface area contributed by atoms with Crippen LogP contribution in [-0.4, -0.2) is 99.7 Å². The summed E-state index contributed by atoms with van der Waals surface area (Å²) >= 11 is 0. The summed E-state index contributed by atoms with van der Waals surface area (Å²) in [7, 11) is 0. The second-order valence-electron chi connectivity index (χ2n) is 16.8. The molecule has 2 aliphatic rings. The van der Waals surface area contributed by atoms with Gasteiger partial charge >= 0.3 is 6.09 Å². The molecule has 0 bridgehead atoms. The van der Waals surface area contributed by atoms with Crippen molar-refractivity contribution in [2.24, 2.45) is 0 Å². The van der Waals surface area contributed by atoms with Crippen molar-refractivity contribution in [2.45, 2.75) is 57.7 Å². The highest BCUT2D eigenvalue weighted by molar-refractivity contribution is 5.97. The van der Waals surface area contributed by atoms with Crippen molar-refractivity contribution in [3.63, 3.8) is 0 Å². The minimum atomic E-state index is -0.646. The molecule has 2 unspecified atom stereocenters. The molecule has 0 N–H and O–H groups in total. The van der Waals surface area contributed by atoms with E-state index in [2.05, 4.69) is 9.97 Å². The Balaban J connectivity index is 0.000000249. The van der Waals surface area contributed by atoms with E-state index < -0.39 is 35.3 Å². The first-order valence-electron chi connectivity index (χ1n) is 21.8. The first-order valence-corrected chi connectivity index (χ1v) is 21.8. The Morgan fingerprint density at radius 3 is 1.57 bits per heavy atom. The van der Waals surface area contributed by atoms with Gasteiger partial charge in [0.2, 0.25) is 0 Å². The third kappa shape index (κ3) is 13.5. The molecule has 0 spiro atoms. The van der Waals surface area contributed by atoms with Crippen molar-refractivity contribution in [2.75, 3.05) is 39.4 Å². The van der Waals surface area contributed by atoms with Gasteiger partial charge < -0.3 is 28.9 Å². The van der Waals surface area contributed by atoms with Crippen LogP contribution in [0, 0.1) is 11.6 Å². The topological polar surface area (TPSA) is 114 Å². The van der Waals surface area contributed by atoms with Crippen LogP contribution in [0.4, 0.5) is 13.6 Å². The van der Waals surface area contributed by atoms with Gasteiger partial charge in [-0.1, -0.05) is 84.9 Å². The molecule has 8 rings (SSSR count). The number of rotatable bonds is 10. The van der Waals surface area contributed by atoms with Crippen LogP contribution >= 0.6 is 24.8 Å². The smallest absolute Gasteiger partial charge is 0.410 e. The number of aromatic nitrogens is 2. The predicted molar refractivity (Wildman–Crippen MR) is 259 cm³/mol. The number of ether oxygens (including phenoxy) is 3. The first kappa shape index (κ1) is 51.4. The largest absolute Gasteiger partial charge is 0.490 e. The third-order valence-electron chi connectivity index (χ3n) is 11.1. The summed E-state index contributed by atoms with van der Waals surface area (Å²) in [5, 5.41) is 0. The summed E-state index contributed by atoms with van der Waals surface area (Å²) in [6, 6.07) is 34.8. The van der Waals surface area contributed by atoms with Gasteiger partial charge in [0.05, 0.1) is 35.6 Å². The highest BCUT2D eigenvalue weighted by atomic mass is 35.5. The van der Waals surface area contributed by atoms with E-state index in [9.17, 15) is 14.4 Å². The van der Waals surface area contributed by atoms with Gasteiger partial charge in [0.1, 0.15) is 41.9 Å². The number of halogens is 4. The molecule has 15 heteroatoms. The highest BCUT2D eigenvalue weighted by Crippen LogP contribution is 2.29. The monoisotopic (exact) mass is 953 g/mol. The number of carbonyl (C=O) groups excluding carboxylic acids is 3. The standard InChI is InChI=1S/C28H30FN3O4.C24H23FN2O2.2ClH/c1-28(2,3)36-27(34)31-15-16-32(21(18-31)19-35-22-11-8-14-30-17-22)26(33)24-13-7-12-23(25(24)29)20-9-5-4-6-10-20;25-23-21(18-8-2-1-3-9-18)12-6-13-22(23)24(28)27-15-5-4-10-19(27)17-29-20-11-7-14-26-16-20;;/h4-14,17,21H,15-16,18-19H2,1-3H3;1-3,6-9,11-14,16,19H,4-5,10,15,17H2;2*1H. The van der Waals surface area contributed by atoms with Crippen molar-refractivity contribution < 1.29 is 37.4 Å². The second kappa shape index (κ2) is 24.3. The number of benzene rings is 4. The van der Waals surface area contributed by atoms with E-state index in [1.54, 1.807) is 115 Å². The Morgan fingerprint density at radius 2 is 1.09 bits per heavy atom. The average molecular weight is 955 g/mol. The Labute approximate surface area is 402 Å². The van der Waals surface area contributed by atoms with Crippen molar-refractivity contribution >= 4 is 42.7 Å². The lowest BCUT2D eigenvalue weighted by Crippen LogP contribution is -2.59. The zero-order chi connectivity index (χ0) is 45.8. The van der Waals surface area contributed by atoms with Crippen molar-refractivity contribution in [3.8, 4) is 33.8 Å². The van der Waals surface area contributed by atoms with Crippen LogP contribution in [0.25, 0.3) is 22.3 Å². The Kier molecular flexibility index (Phi) is 18.6. The molecule has 4 aromatic carbocycles. The molecule has 67 heavy (non-hydrogen) atoms. The first-order chi connectivity index (χ1) is 31.5. The van der Waals surface area contributed by atoms with Gasteiger partial charge in [-0.25, -0.2) is 13.6 Å². The fourth-order valence-electron chi connectivity index (χ4n) is 7.83. The van der Waals surface area contributed by atoms with E-state index in [0.29, 0.717) is 41.3 Å². The lowest BCUT2D eigenvalue weighted by atomic mass is 9.98. The molecule has 6 aromatic rings. The maximum absolute atomic E-state index is 15.6. The van der Waals surface area contributed by atoms with Gasteiger partial charge in [-0.15, -0.1) is 24.8 Å². The minimum Gasteiger partial charge on any atom is -0.490 e. The molecule has 0 radical (unpaired) electrons. The molecule has 2 saturated heterocycles. The quantitative estimate of drug-likeness (QED) is 0.133. The number of carbonyl (C=O) groups is 3. The molecule has 2 aromatic heterocycles. The molecule has 2 fully saturated rings. The van der Waals surface area contributed by atoms with E-state index in [4.69, 9.17) is 14.2 Å². The summed E-state index contributed by atoms with van der Waals surface area (Å²) in [6.45, 7) is 7.17. The number of piperidine rings is 1. The molecule has 0 aliphatic carbocycles. The van der Waals surface area contributed by atoms with Gasteiger partial charge in [0.25, 0.3) is 11.8 Å². The number of piperazine rings is 1. The number of amides is 3. The summed E-state index contributed by atoms with van der Waals surface area (Å²) in [5.74, 6) is -0.565. The fraction of sp³-hybridized carbons (Fsp3) is 0.288. The van der Waals surface area contributed by atoms with Gasteiger partial charge in [-0.05, 0) is 87.6 Å². The summed E-state index contributed by atoms with van der Waals surface area (Å²) in [4.78, 5) is 52.6. The Hall–Kier alpha value is -6.57. The van der Waals surface area contributed by atoms with Gasteiger partial charge in [-0.2, -0.15) is 0 Å². The Morgan fingerprint density at radius 1 is 0.597 bits per heavy atom. The predicted octanol–water partition coefficient (Wildman–Crippen LogP) is 10.8. The van der Waals surface area contributed by atoms with Crippen LogP contribution in [0.1, 0.15) is 60.7 Å². The number of likely N-dealkylation sites (tertiary alicyclic amines) is 1. The van der Waals surface area contributed by atoms with E-state index in [0.717, 1.165) is 24.8 Å². The minimum absolute atomic E-state index is 0. The van der Waals surface area contributed by atoms with E-state index in [1.807, 2.05) is 60.7 Å². The normalized spacial score (nSPS) is 15.7. The maximum atomic E-state index is 15.6. The van der Waals surface area contributed by atoms with E-state index in [1.165, 1.54) is 6.07 Å². The van der Waals surface area contributed by atoms with Crippen LogP contribution in [0.2, 0.25) is 0 Å². The maximum Gasteiger partial charge on any atom is 0.410 e. The van der Waals surface area contributed by atoms with Gasteiger partial charge in [-0.3, -0.25) is 19.6 Å². The van der Waals surface area contributed by atoms with Gasteiger partial charge in [0.15, 0.2) is 0 Å². The number of hydrogen-bond donors (Lipinski definition) is 0. The average Bonchev–Trinajstić information content (AvgIpc) is 3.33. The lowest BCUT2D eigenvalue weighted by molar-refractivity contribution is -0.00107. The molecular formula is C52H55Cl2F2N5O6. The molecule has 4 heterocycles. The van der Waals surface area contributed by atoms with Crippen molar-refractivity contribution in [1.29, 1.82) is 0 Å². The van der Waals surface area contributed by atoms with Crippen LogP contribution in [0.5, 0.6) is 11.5 Å². The molecular weight excluding hydrogens is 900 g/mol. The van der Waals surface area contributed by atoms with Gasteiger partial charge in [0, 0.05) is 49.7 Å². The molecule has 2 aliphatic heterocycles. The number of nitrogens with zero attached hydrogens (tertiary/aromatic N) is 5. The number of pyridine rings is 2. The third-order valence-corrected chi connectivity index (χ3v) is 11.1. The summed E-state index contributed by atoms with van der Waals surface area (Å²) in [6.07, 6.45) is 8.86. The molecule has 11 nitrogen and oxygen atoms in total. The molecule has 0 saturated carbocycles. The Bertz CT molecular complexity index is 2520. The van der Waals surface area contributed by atoms with Crippen LogP contribution in [0.15, 0.2) is 146 Å². The second-order valence-corrected chi connectivity index (χ2v) is 16.8. The fourth-order valence-corrected chi connectivity index (χ4v) is 7.83. The summed E-state index contributed by atoms with van der Waals surface area (Å²) < 4.78 is 48.1. The SMILES string of the molecule is CC(C)(C)OC(=O)N1CCN(C(=O)c2cccc(-c3ccccc3)c2F)C(COc2cccnc2)C1.Cl.Cl.O=C(c1cccc(-c2ccccc2)c1F)N1CCCCC1COc1cccnc1. The van der Waals surface area contributed by atoms with Crippen LogP contribution < -0.4 is 9.47 Å².